The molecule has 0 bridgehead atoms. The second-order valence-corrected chi connectivity index (χ2v) is 9.00. The van der Waals surface area contributed by atoms with Crippen molar-refractivity contribution in [3.05, 3.63) is 34.9 Å². The van der Waals surface area contributed by atoms with Crippen LogP contribution in [0.2, 0.25) is 0 Å². The van der Waals surface area contributed by atoms with Crippen LogP contribution in [0.3, 0.4) is 0 Å². The van der Waals surface area contributed by atoms with Gasteiger partial charge in [-0.25, -0.2) is 0 Å². The average molecular weight is 382 g/mol. The van der Waals surface area contributed by atoms with E-state index in [1.54, 1.807) is 4.90 Å². The first kappa shape index (κ1) is 17.8. The van der Waals surface area contributed by atoms with Gasteiger partial charge >= 0.3 is 0 Å². The molecule has 0 aromatic heterocycles. The van der Waals surface area contributed by atoms with Gasteiger partial charge < -0.3 is 10.6 Å². The van der Waals surface area contributed by atoms with Crippen LogP contribution in [-0.4, -0.2) is 53.2 Å². The van der Waals surface area contributed by atoms with Gasteiger partial charge in [-0.1, -0.05) is 12.1 Å². The van der Waals surface area contributed by atoms with Crippen LogP contribution in [-0.2, 0) is 22.7 Å². The van der Waals surface area contributed by atoms with Crippen molar-refractivity contribution in [3.8, 4) is 0 Å². The standard InChI is InChI=1S/C21H26N4O3/c22-8-13-6-21(7-13)11-24(12-21)9-14-2-1-3-15-16(14)10-25(20(15)28)17-4-5-18(26)23-19(17)27/h1-3,13,17H,4-12,22H2,(H,23,26,27). The number of nitrogens with one attached hydrogen (secondary N) is 1. The Hall–Kier alpha value is -2.25. The lowest BCUT2D eigenvalue weighted by atomic mass is 9.57. The fourth-order valence-corrected chi connectivity index (χ4v) is 5.64. The Morgan fingerprint density at radius 2 is 1.96 bits per heavy atom. The van der Waals surface area contributed by atoms with Crippen LogP contribution < -0.4 is 11.1 Å². The summed E-state index contributed by atoms with van der Waals surface area (Å²) >= 11 is 0. The van der Waals surface area contributed by atoms with Crippen molar-refractivity contribution >= 4 is 17.7 Å². The molecular formula is C21H26N4O3. The predicted molar refractivity (Wildman–Crippen MR) is 102 cm³/mol. The zero-order valence-corrected chi connectivity index (χ0v) is 15.9. The maximum absolute atomic E-state index is 12.9. The summed E-state index contributed by atoms with van der Waals surface area (Å²) in [5.41, 5.74) is 9.15. The third-order valence-electron chi connectivity index (χ3n) is 6.97. The van der Waals surface area contributed by atoms with Crippen molar-refractivity contribution in [2.75, 3.05) is 19.6 Å². The molecule has 5 rings (SSSR count). The first-order valence-corrected chi connectivity index (χ1v) is 10.2. The summed E-state index contributed by atoms with van der Waals surface area (Å²) in [5, 5.41) is 2.36. The summed E-state index contributed by atoms with van der Waals surface area (Å²) in [5.74, 6) is -0.0206. The highest BCUT2D eigenvalue weighted by atomic mass is 16.2. The van der Waals surface area contributed by atoms with Gasteiger partial charge in [0.15, 0.2) is 0 Å². The molecule has 28 heavy (non-hydrogen) atoms. The number of likely N-dealkylation sites (tertiary alicyclic amines) is 1. The van der Waals surface area contributed by atoms with E-state index >= 15 is 0 Å². The quantitative estimate of drug-likeness (QED) is 0.745. The Morgan fingerprint density at radius 3 is 2.68 bits per heavy atom. The lowest BCUT2D eigenvalue weighted by molar-refractivity contribution is -0.136. The van der Waals surface area contributed by atoms with E-state index in [2.05, 4.69) is 16.3 Å². The number of rotatable bonds is 4. The van der Waals surface area contributed by atoms with Gasteiger partial charge in [0.25, 0.3) is 5.91 Å². The van der Waals surface area contributed by atoms with Gasteiger partial charge in [0, 0.05) is 38.2 Å². The zero-order chi connectivity index (χ0) is 19.5. The molecule has 1 unspecified atom stereocenters. The SMILES string of the molecule is NCC1CC2(C1)CN(Cc1cccc3c1CN(C1CCC(=O)NC1=O)C3=O)C2. The number of imide groups is 1. The smallest absolute Gasteiger partial charge is 0.255 e. The molecule has 4 aliphatic rings. The van der Waals surface area contributed by atoms with E-state index in [4.69, 9.17) is 5.73 Å². The Bertz CT molecular complexity index is 853. The molecule has 0 radical (unpaired) electrons. The molecule has 3 amide bonds. The number of nitrogens with two attached hydrogens (primary N) is 1. The van der Waals surface area contributed by atoms with Crippen molar-refractivity contribution in [2.24, 2.45) is 17.1 Å². The second kappa shape index (κ2) is 6.39. The zero-order valence-electron chi connectivity index (χ0n) is 15.9. The first-order valence-electron chi connectivity index (χ1n) is 10.2. The summed E-state index contributed by atoms with van der Waals surface area (Å²) in [6, 6.07) is 5.32. The maximum Gasteiger partial charge on any atom is 0.255 e. The van der Waals surface area contributed by atoms with Crippen molar-refractivity contribution in [2.45, 2.75) is 44.8 Å². The average Bonchev–Trinajstić information content (AvgIpc) is 2.93. The molecule has 7 nitrogen and oxygen atoms in total. The number of carbonyl (C=O) groups excluding carboxylic acids is 3. The van der Waals surface area contributed by atoms with E-state index in [0.717, 1.165) is 31.7 Å². The fourth-order valence-electron chi connectivity index (χ4n) is 5.64. The van der Waals surface area contributed by atoms with Crippen LogP contribution in [0.5, 0.6) is 0 Å². The van der Waals surface area contributed by atoms with Crippen molar-refractivity contribution in [1.82, 2.24) is 15.1 Å². The van der Waals surface area contributed by atoms with Crippen molar-refractivity contribution < 1.29 is 14.4 Å². The van der Waals surface area contributed by atoms with E-state index in [1.165, 1.54) is 18.4 Å². The molecule has 148 valence electrons. The molecule has 3 fully saturated rings. The fraction of sp³-hybridized carbons (Fsp3) is 0.571. The lowest BCUT2D eigenvalue weighted by Gasteiger charge is -2.59. The highest BCUT2D eigenvalue weighted by molar-refractivity contribution is 6.05. The van der Waals surface area contributed by atoms with Gasteiger partial charge in [0.1, 0.15) is 6.04 Å². The summed E-state index contributed by atoms with van der Waals surface area (Å²) in [6.07, 6.45) is 3.17. The van der Waals surface area contributed by atoms with Crippen LogP contribution in [0.4, 0.5) is 0 Å². The number of hydrogen-bond donors (Lipinski definition) is 2. The second-order valence-electron chi connectivity index (χ2n) is 9.00. The van der Waals surface area contributed by atoms with E-state index in [0.29, 0.717) is 29.9 Å². The van der Waals surface area contributed by atoms with Crippen LogP contribution in [0, 0.1) is 11.3 Å². The molecule has 1 aromatic carbocycles. The molecule has 3 N–H and O–H groups in total. The summed E-state index contributed by atoms with van der Waals surface area (Å²) in [7, 11) is 0. The van der Waals surface area contributed by atoms with Crippen LogP contribution in [0.15, 0.2) is 18.2 Å². The molecule has 2 saturated heterocycles. The van der Waals surface area contributed by atoms with Gasteiger partial charge in [-0.15, -0.1) is 0 Å². The number of carbonyl (C=O) groups is 3. The molecule has 1 atom stereocenters. The largest absolute Gasteiger partial charge is 0.330 e. The van der Waals surface area contributed by atoms with Gasteiger partial charge in [-0.3, -0.25) is 24.6 Å². The third-order valence-corrected chi connectivity index (χ3v) is 6.97. The minimum atomic E-state index is -0.555. The van der Waals surface area contributed by atoms with Crippen LogP contribution >= 0.6 is 0 Å². The summed E-state index contributed by atoms with van der Waals surface area (Å²) < 4.78 is 0. The molecule has 3 heterocycles. The molecule has 7 heteroatoms. The number of benzene rings is 1. The topological polar surface area (TPSA) is 95.7 Å². The molecular weight excluding hydrogens is 356 g/mol. The van der Waals surface area contributed by atoms with Gasteiger partial charge in [0.2, 0.25) is 11.8 Å². The molecule has 1 aliphatic carbocycles. The lowest BCUT2D eigenvalue weighted by Crippen LogP contribution is -2.62. The number of amides is 3. The van der Waals surface area contributed by atoms with Crippen LogP contribution in [0.1, 0.15) is 47.2 Å². The molecule has 3 aliphatic heterocycles. The van der Waals surface area contributed by atoms with Gasteiger partial charge in [0.05, 0.1) is 0 Å². The Balaban J connectivity index is 1.28. The number of nitrogens with zero attached hydrogens (tertiary/aromatic N) is 2. The van der Waals surface area contributed by atoms with Crippen molar-refractivity contribution in [1.29, 1.82) is 0 Å². The highest BCUT2D eigenvalue weighted by Crippen LogP contribution is 2.51. The van der Waals surface area contributed by atoms with Gasteiger partial charge in [-0.2, -0.15) is 0 Å². The first-order chi connectivity index (χ1) is 13.5. The van der Waals surface area contributed by atoms with E-state index < -0.39 is 6.04 Å². The Kier molecular flexibility index (Phi) is 4.07. The van der Waals surface area contributed by atoms with Crippen LogP contribution in [0.25, 0.3) is 0 Å². The summed E-state index contributed by atoms with van der Waals surface area (Å²) in [6.45, 7) is 4.31. The predicted octanol–water partition coefficient (Wildman–Crippen LogP) is 0.618. The van der Waals surface area contributed by atoms with E-state index in [9.17, 15) is 14.4 Å². The normalized spacial score (nSPS) is 26.8. The molecule has 1 aromatic rings. The number of hydrogen-bond acceptors (Lipinski definition) is 5. The maximum atomic E-state index is 12.9. The van der Waals surface area contributed by atoms with Crippen molar-refractivity contribution in [3.63, 3.8) is 0 Å². The van der Waals surface area contributed by atoms with E-state index in [-0.39, 0.29) is 24.1 Å². The molecule has 1 saturated carbocycles. The number of fused-ring (bicyclic) bond motifs is 1. The Labute approximate surface area is 164 Å². The third kappa shape index (κ3) is 2.76. The number of piperidine rings is 1. The minimum absolute atomic E-state index is 0.101. The Morgan fingerprint density at radius 1 is 1.18 bits per heavy atom. The minimum Gasteiger partial charge on any atom is -0.330 e. The highest BCUT2D eigenvalue weighted by Gasteiger charge is 2.51. The molecule has 1 spiro atoms. The monoisotopic (exact) mass is 382 g/mol. The van der Waals surface area contributed by atoms with E-state index in [1.807, 2.05) is 12.1 Å². The summed E-state index contributed by atoms with van der Waals surface area (Å²) in [4.78, 5) is 40.6. The van der Waals surface area contributed by atoms with Gasteiger partial charge in [-0.05, 0) is 54.3 Å².